The second-order valence-corrected chi connectivity index (χ2v) is 2.74. The molecule has 0 amide bonds. The van der Waals surface area contributed by atoms with Gasteiger partial charge >= 0.3 is 19.8 Å². The Hall–Kier alpha value is 1.22. The molecular weight excluding hydrogens is 189 g/mol. The molecule has 44 valence electrons. The molecular formula is C4H11Cl2Ga. The quantitative estimate of drug-likeness (QED) is 0.441. The zero-order chi connectivity index (χ0) is 5.15. The van der Waals surface area contributed by atoms with Crippen LogP contribution in [0, 0.1) is 5.92 Å². The van der Waals surface area contributed by atoms with Gasteiger partial charge in [-0.25, -0.2) is 0 Å². The molecule has 0 spiro atoms. The van der Waals surface area contributed by atoms with Crippen LogP contribution in [0.3, 0.4) is 0 Å². The third-order valence-electron chi connectivity index (χ3n) is 0.504. The van der Waals surface area contributed by atoms with Gasteiger partial charge in [0.25, 0.3) is 0 Å². The molecule has 7 heavy (non-hydrogen) atoms. The van der Waals surface area contributed by atoms with E-state index < -0.39 is 0 Å². The Morgan fingerprint density at radius 2 is 1.29 bits per heavy atom. The van der Waals surface area contributed by atoms with E-state index in [4.69, 9.17) is 23.2 Å². The molecule has 0 saturated carbocycles. The molecule has 0 aliphatic heterocycles. The Bertz CT molecular complexity index is 30.7. The molecule has 0 aromatic carbocycles. The first-order valence-corrected chi connectivity index (χ1v) is 2.80. The number of rotatable bonds is 1. The van der Waals surface area contributed by atoms with Crippen molar-refractivity contribution >= 4 is 43.0 Å². The normalized spacial score (nSPS) is 9.43. The van der Waals surface area contributed by atoms with Gasteiger partial charge in [0.05, 0.1) is 0 Å². The van der Waals surface area contributed by atoms with Crippen LogP contribution in [0.5, 0.6) is 0 Å². The maximum atomic E-state index is 5.38. The molecule has 0 heterocycles. The summed E-state index contributed by atoms with van der Waals surface area (Å²) in [5, 5.41) is 0. The van der Waals surface area contributed by atoms with Gasteiger partial charge in [-0.2, -0.15) is 0 Å². The van der Waals surface area contributed by atoms with Crippen LogP contribution in [-0.2, 0) is 0 Å². The summed E-state index contributed by atoms with van der Waals surface area (Å²) >= 11 is 10.8. The first-order valence-electron chi connectivity index (χ1n) is 1.92. The third-order valence-corrected chi connectivity index (χ3v) is 1.51. The molecule has 0 aromatic rings. The first kappa shape index (κ1) is 11.1. The predicted octanol–water partition coefficient (Wildman–Crippen LogP) is 1.26. The summed E-state index contributed by atoms with van der Waals surface area (Å²) in [6.07, 6.45) is 0. The summed E-state index contributed by atoms with van der Waals surface area (Å²) in [5.74, 6) is 0.383. The second-order valence-electron chi connectivity index (χ2n) is 1.58. The monoisotopic (exact) mass is 198 g/mol. The molecule has 0 nitrogen and oxygen atoms in total. The summed E-state index contributed by atoms with van der Waals surface area (Å²) in [6.45, 7) is 3.95. The molecule has 0 N–H and O–H groups in total. The van der Waals surface area contributed by atoms with Crippen LogP contribution >= 0.6 is 23.2 Å². The molecule has 3 heteroatoms. The summed E-state index contributed by atoms with van der Waals surface area (Å²) in [7, 11) is 0. The van der Waals surface area contributed by atoms with Gasteiger partial charge in [0.2, 0.25) is 0 Å². The fourth-order valence-electron chi connectivity index (χ4n) is 0. The van der Waals surface area contributed by atoms with Crippen molar-refractivity contribution < 1.29 is 0 Å². The fourth-order valence-corrected chi connectivity index (χ4v) is 0. The van der Waals surface area contributed by atoms with Gasteiger partial charge in [0.1, 0.15) is 4.84 Å². The van der Waals surface area contributed by atoms with Crippen LogP contribution in [-0.4, -0.2) is 24.6 Å². The Balaban J connectivity index is 0. The van der Waals surface area contributed by atoms with E-state index in [9.17, 15) is 0 Å². The van der Waals surface area contributed by atoms with Crippen molar-refractivity contribution in [3.63, 3.8) is 0 Å². The molecule has 0 fully saturated rings. The van der Waals surface area contributed by atoms with Gasteiger partial charge < -0.3 is 0 Å². The van der Waals surface area contributed by atoms with E-state index in [1.54, 1.807) is 0 Å². The van der Waals surface area contributed by atoms with Gasteiger partial charge in [0.15, 0.2) is 0 Å². The first-order chi connectivity index (χ1) is 2.64. The molecule has 0 radical (unpaired) electrons. The molecule has 0 atom stereocenters. The molecule has 0 unspecified atom stereocenters. The van der Waals surface area contributed by atoms with E-state index in [1.807, 2.05) is 13.8 Å². The van der Waals surface area contributed by atoms with Crippen molar-refractivity contribution in [2.24, 2.45) is 5.92 Å². The van der Waals surface area contributed by atoms with Crippen molar-refractivity contribution in [3.8, 4) is 0 Å². The Kier molecular flexibility index (Phi) is 8.47. The average molecular weight is 200 g/mol. The van der Waals surface area contributed by atoms with Crippen molar-refractivity contribution in [2.75, 3.05) is 0 Å². The Morgan fingerprint density at radius 1 is 1.14 bits per heavy atom. The topological polar surface area (TPSA) is 0 Å². The molecule has 0 aliphatic carbocycles. The van der Waals surface area contributed by atoms with Gasteiger partial charge in [0, 0.05) is 0 Å². The van der Waals surface area contributed by atoms with Crippen LogP contribution in [0.1, 0.15) is 13.8 Å². The number of hydrogen-bond donors (Lipinski definition) is 0. The minimum absolute atomic E-state index is 0. The van der Waals surface area contributed by atoms with Gasteiger partial charge in [-0.15, -0.1) is 23.2 Å². The van der Waals surface area contributed by atoms with E-state index in [0.717, 1.165) is 0 Å². The predicted molar refractivity (Wildman–Crippen MR) is 40.3 cm³/mol. The number of alkyl halides is 2. The zero-order valence-corrected chi connectivity index (χ0v) is 5.42. The van der Waals surface area contributed by atoms with Crippen LogP contribution in [0.4, 0.5) is 0 Å². The van der Waals surface area contributed by atoms with Crippen molar-refractivity contribution in [3.05, 3.63) is 0 Å². The van der Waals surface area contributed by atoms with E-state index in [0.29, 0.717) is 5.92 Å². The van der Waals surface area contributed by atoms with Crippen molar-refractivity contribution in [1.29, 1.82) is 0 Å². The molecule has 0 saturated heterocycles. The van der Waals surface area contributed by atoms with Crippen LogP contribution < -0.4 is 0 Å². The second kappa shape index (κ2) is 5.35. The van der Waals surface area contributed by atoms with Crippen LogP contribution in [0.15, 0.2) is 0 Å². The van der Waals surface area contributed by atoms with Crippen LogP contribution in [0.2, 0.25) is 0 Å². The number of halogens is 2. The Morgan fingerprint density at radius 3 is 1.29 bits per heavy atom. The average Bonchev–Trinajstić information content (AvgIpc) is 1.36. The zero-order valence-electron chi connectivity index (χ0n) is 3.91. The third kappa shape index (κ3) is 7.22. The minimum atomic E-state index is -0.204. The van der Waals surface area contributed by atoms with E-state index in [-0.39, 0.29) is 24.6 Å². The molecule has 0 aliphatic rings. The molecule has 0 aromatic heterocycles. The number of hydrogen-bond acceptors (Lipinski definition) is 0. The fraction of sp³-hybridized carbons (Fsp3) is 1.00. The van der Waals surface area contributed by atoms with Gasteiger partial charge in [-0.05, 0) is 5.92 Å². The van der Waals surface area contributed by atoms with Gasteiger partial charge in [-0.1, -0.05) is 13.8 Å². The summed E-state index contributed by atoms with van der Waals surface area (Å²) < 4.78 is 0. The molecule has 0 rings (SSSR count). The Labute approximate surface area is 67.6 Å². The molecule has 0 bridgehead atoms. The van der Waals surface area contributed by atoms with E-state index in [1.165, 1.54) is 0 Å². The van der Waals surface area contributed by atoms with Crippen molar-refractivity contribution in [2.45, 2.75) is 18.7 Å². The summed E-state index contributed by atoms with van der Waals surface area (Å²) in [4.78, 5) is -0.204. The SMILES string of the molecule is CC(C)C(Cl)Cl.[GaH3]. The summed E-state index contributed by atoms with van der Waals surface area (Å²) in [6, 6.07) is 0. The standard InChI is InChI=1S/C4H8Cl2.Ga.3H/c1-3(2)4(5)6;;;;/h3-4H,1-2H3;;;;. The summed E-state index contributed by atoms with van der Waals surface area (Å²) in [5.41, 5.74) is 0. The van der Waals surface area contributed by atoms with Crippen LogP contribution in [0.25, 0.3) is 0 Å². The van der Waals surface area contributed by atoms with E-state index in [2.05, 4.69) is 0 Å². The van der Waals surface area contributed by atoms with E-state index >= 15 is 0 Å². The van der Waals surface area contributed by atoms with Gasteiger partial charge in [-0.3, -0.25) is 0 Å². The van der Waals surface area contributed by atoms with Crippen molar-refractivity contribution in [1.82, 2.24) is 0 Å². The maximum absolute atomic E-state index is 5.38.